The van der Waals surface area contributed by atoms with Crippen molar-refractivity contribution in [1.29, 1.82) is 0 Å². The first-order chi connectivity index (χ1) is 20.4. The second-order valence-electron chi connectivity index (χ2n) is 9.53. The van der Waals surface area contributed by atoms with E-state index in [1.54, 1.807) is 18.2 Å². The molecule has 3 aliphatic rings. The number of rotatable bonds is 11. The molecule has 1 aromatic carbocycles. The van der Waals surface area contributed by atoms with Gasteiger partial charge in [-0.3, -0.25) is 29.4 Å². The molecular formula is C26H26N6O8S2. The van der Waals surface area contributed by atoms with E-state index in [0.29, 0.717) is 12.2 Å². The normalized spacial score (nSPS) is 21.2. The van der Waals surface area contributed by atoms with Crippen molar-refractivity contribution in [1.82, 2.24) is 15.2 Å². The first-order valence-corrected chi connectivity index (χ1v) is 15.0. The number of hydrogen-bond acceptors (Lipinski definition) is 12. The highest BCUT2D eigenvalue weighted by Gasteiger charge is 2.53. The van der Waals surface area contributed by atoms with E-state index in [4.69, 9.17) is 9.57 Å². The number of carbonyl (C=O) groups is 4. The van der Waals surface area contributed by atoms with Gasteiger partial charge < -0.3 is 20.2 Å². The number of nitrogens with zero attached hydrogens (tertiary/aromatic N) is 4. The lowest BCUT2D eigenvalue weighted by Crippen LogP contribution is -2.70. The first kappa shape index (κ1) is 29.2. The topological polar surface area (TPSA) is 182 Å². The van der Waals surface area contributed by atoms with Gasteiger partial charge in [0.05, 0.1) is 10.5 Å². The van der Waals surface area contributed by atoms with E-state index in [-0.39, 0.29) is 33.9 Å². The fraction of sp³-hybridized carbons (Fsp3) is 0.385. The number of benzene rings is 1. The number of oxime groups is 1. The van der Waals surface area contributed by atoms with Crippen LogP contribution in [0.5, 0.6) is 0 Å². The molecule has 42 heavy (non-hydrogen) atoms. The van der Waals surface area contributed by atoms with Crippen molar-refractivity contribution in [2.24, 2.45) is 5.16 Å². The lowest BCUT2D eigenvalue weighted by molar-refractivity contribution is -0.575. The van der Waals surface area contributed by atoms with Crippen LogP contribution >= 0.6 is 23.1 Å². The fourth-order valence-corrected chi connectivity index (χ4v) is 6.60. The number of esters is 1. The molecule has 16 heteroatoms. The van der Waals surface area contributed by atoms with E-state index in [9.17, 15) is 29.3 Å². The molecule has 5 rings (SSSR count). The molecule has 14 nitrogen and oxygen atoms in total. The Hall–Kier alpha value is -4.31. The van der Waals surface area contributed by atoms with Crippen LogP contribution in [0.15, 0.2) is 52.6 Å². The highest BCUT2D eigenvalue weighted by atomic mass is 32.2. The highest BCUT2D eigenvalue weighted by Crippen LogP contribution is 2.38. The molecule has 1 saturated heterocycles. The van der Waals surface area contributed by atoms with Crippen molar-refractivity contribution in [2.75, 3.05) is 11.1 Å². The van der Waals surface area contributed by atoms with Gasteiger partial charge in [0, 0.05) is 11.1 Å². The van der Waals surface area contributed by atoms with Crippen LogP contribution in [0.4, 0.5) is 5.13 Å². The number of aromatic nitrogens is 1. The van der Waals surface area contributed by atoms with Gasteiger partial charge in [0.25, 0.3) is 11.8 Å². The molecule has 2 aliphatic heterocycles. The van der Waals surface area contributed by atoms with E-state index >= 15 is 0 Å². The standard InChI is InChI=1S/C26H26N6O8S2/c33-14-27-26-28-17(13-42-26)19(30-40-16-9-5-2-6-10-16)21(34)29-20-22(35)31-18(11-12-41-24(20)31)25(36)39-23(32(37)38)15-7-3-1-4-8-15/h1,3-4,7-8,11,13-14,16,20,23-24H,2,5-6,9-10,12H2,(H,29,34)(H,27,28,33)/t20?,23?,24-/m0/s1. The Bertz CT molecular complexity index is 1420. The number of thioether (sulfide) groups is 1. The Kier molecular flexibility index (Phi) is 9.12. The first-order valence-electron chi connectivity index (χ1n) is 13.1. The van der Waals surface area contributed by atoms with Crippen molar-refractivity contribution in [3.05, 3.63) is 68.9 Å². The van der Waals surface area contributed by atoms with Crippen molar-refractivity contribution < 1.29 is 33.7 Å². The lowest BCUT2D eigenvalue weighted by atomic mass is 9.98. The predicted octanol–water partition coefficient (Wildman–Crippen LogP) is 2.57. The second-order valence-corrected chi connectivity index (χ2v) is 11.5. The SMILES string of the molecule is O=CNc1nc(C(=NOC2CCCCC2)C(=O)NC2C(=O)N3C(C(=O)OC(c4ccccc4)[N+](=O)[O-])=CCS[C@@H]23)cs1. The van der Waals surface area contributed by atoms with Gasteiger partial charge in [-0.1, -0.05) is 29.8 Å². The summed E-state index contributed by atoms with van der Waals surface area (Å²) in [6, 6.07) is 6.77. The summed E-state index contributed by atoms with van der Waals surface area (Å²) in [5, 5.41) is 21.9. The molecule has 2 N–H and O–H groups in total. The molecule has 1 aromatic heterocycles. The molecule has 3 heterocycles. The minimum atomic E-state index is -1.75. The maximum absolute atomic E-state index is 13.4. The van der Waals surface area contributed by atoms with Crippen LogP contribution in [0.3, 0.4) is 0 Å². The third-order valence-electron chi connectivity index (χ3n) is 6.83. The number of amides is 3. The fourth-order valence-electron chi connectivity index (χ4n) is 4.75. The van der Waals surface area contributed by atoms with Gasteiger partial charge in [-0.25, -0.2) is 9.78 Å². The maximum atomic E-state index is 13.4. The van der Waals surface area contributed by atoms with Gasteiger partial charge in [0.2, 0.25) is 6.41 Å². The molecule has 2 unspecified atom stereocenters. The van der Waals surface area contributed by atoms with E-state index in [1.807, 2.05) is 0 Å². The van der Waals surface area contributed by atoms with Crippen molar-refractivity contribution >= 4 is 58.1 Å². The summed E-state index contributed by atoms with van der Waals surface area (Å²) in [6.45, 7) is 0. The van der Waals surface area contributed by atoms with Crippen molar-refractivity contribution in [3.8, 4) is 0 Å². The van der Waals surface area contributed by atoms with Crippen molar-refractivity contribution in [2.45, 2.75) is 55.9 Å². The molecule has 0 radical (unpaired) electrons. The lowest BCUT2D eigenvalue weighted by Gasteiger charge is -2.48. The predicted molar refractivity (Wildman–Crippen MR) is 152 cm³/mol. The van der Waals surface area contributed by atoms with Gasteiger partial charge in [-0.05, 0) is 43.9 Å². The molecule has 220 valence electrons. The zero-order chi connectivity index (χ0) is 29.6. The molecule has 2 aromatic rings. The zero-order valence-electron chi connectivity index (χ0n) is 22.0. The number of thiazole rings is 1. The summed E-state index contributed by atoms with van der Waals surface area (Å²) in [5.41, 5.74) is 0.0490. The average molecular weight is 615 g/mol. The monoisotopic (exact) mass is 614 g/mol. The van der Waals surface area contributed by atoms with E-state index < -0.39 is 40.4 Å². The van der Waals surface area contributed by atoms with Crippen LogP contribution in [0.1, 0.15) is 49.6 Å². The highest BCUT2D eigenvalue weighted by molar-refractivity contribution is 8.00. The van der Waals surface area contributed by atoms with Gasteiger partial charge >= 0.3 is 12.2 Å². The van der Waals surface area contributed by atoms with Gasteiger partial charge in [-0.2, -0.15) is 0 Å². The zero-order valence-corrected chi connectivity index (χ0v) is 23.7. The van der Waals surface area contributed by atoms with E-state index in [2.05, 4.69) is 20.8 Å². The summed E-state index contributed by atoms with van der Waals surface area (Å²) in [4.78, 5) is 72.3. The third-order valence-corrected chi connectivity index (χ3v) is 8.78. The number of nitrogens with one attached hydrogen (secondary N) is 2. The molecular weight excluding hydrogens is 588 g/mol. The molecule has 3 atom stereocenters. The Labute approximate surface area is 247 Å². The van der Waals surface area contributed by atoms with Crippen LogP contribution in [0.25, 0.3) is 0 Å². The molecule has 0 spiro atoms. The van der Waals surface area contributed by atoms with Gasteiger partial charge in [0.15, 0.2) is 10.8 Å². The molecule has 1 aliphatic carbocycles. The summed E-state index contributed by atoms with van der Waals surface area (Å²) in [7, 11) is 0. The largest absolute Gasteiger partial charge is 0.392 e. The molecule has 1 saturated carbocycles. The summed E-state index contributed by atoms with van der Waals surface area (Å²) in [5.74, 6) is -2.03. The average Bonchev–Trinajstić information content (AvgIpc) is 3.47. The maximum Gasteiger partial charge on any atom is 0.383 e. The number of anilines is 1. The van der Waals surface area contributed by atoms with Crippen LogP contribution in [0, 0.1) is 10.1 Å². The van der Waals surface area contributed by atoms with Crippen LogP contribution in [-0.4, -0.2) is 68.0 Å². The second kappa shape index (κ2) is 13.1. The number of β-lactam (4-membered cyclic amide) rings is 1. The number of hydrogen-bond donors (Lipinski definition) is 2. The smallest absolute Gasteiger partial charge is 0.383 e. The molecule has 2 fully saturated rings. The number of nitro groups is 1. The van der Waals surface area contributed by atoms with Gasteiger partial charge in [-0.15, -0.1) is 23.1 Å². The number of fused-ring (bicyclic) bond motifs is 1. The Morgan fingerprint density at radius 1 is 1.21 bits per heavy atom. The third kappa shape index (κ3) is 6.28. The molecule has 3 amide bonds. The quantitative estimate of drug-likeness (QED) is 0.0726. The summed E-state index contributed by atoms with van der Waals surface area (Å²) in [6.07, 6.45) is 4.70. The van der Waals surface area contributed by atoms with Crippen LogP contribution < -0.4 is 10.6 Å². The minimum absolute atomic E-state index is 0.129. The number of ether oxygens (including phenoxy) is 1. The van der Waals surface area contributed by atoms with E-state index in [0.717, 1.165) is 48.3 Å². The number of carbonyl (C=O) groups excluding carboxylic acids is 4. The van der Waals surface area contributed by atoms with E-state index in [1.165, 1.54) is 35.4 Å². The van der Waals surface area contributed by atoms with Crippen molar-refractivity contribution in [3.63, 3.8) is 0 Å². The summed E-state index contributed by atoms with van der Waals surface area (Å²) >= 11 is 2.39. The Balaban J connectivity index is 1.29. The Morgan fingerprint density at radius 3 is 2.69 bits per heavy atom. The minimum Gasteiger partial charge on any atom is -0.392 e. The van der Waals surface area contributed by atoms with Gasteiger partial charge in [0.1, 0.15) is 28.9 Å². The van der Waals surface area contributed by atoms with Crippen LogP contribution in [-0.2, 0) is 28.8 Å². The Morgan fingerprint density at radius 2 is 1.98 bits per heavy atom. The van der Waals surface area contributed by atoms with Crippen LogP contribution in [0.2, 0.25) is 0 Å². The molecule has 0 bridgehead atoms. The summed E-state index contributed by atoms with van der Waals surface area (Å²) < 4.78 is 5.19.